The number of aromatic nitrogens is 2. The molecule has 1 aromatic heterocycles. The molecule has 2 heterocycles. The molecule has 0 radical (unpaired) electrons. The van der Waals surface area contributed by atoms with Gasteiger partial charge in [0.15, 0.2) is 5.69 Å². The molecule has 0 spiro atoms. The van der Waals surface area contributed by atoms with Crippen LogP contribution in [-0.2, 0) is 11.4 Å². The van der Waals surface area contributed by atoms with Crippen LogP contribution in [0.25, 0.3) is 5.69 Å². The zero-order valence-corrected chi connectivity index (χ0v) is 18.9. The molecule has 2 aromatic carbocycles. The Labute approximate surface area is 197 Å². The summed E-state index contributed by atoms with van der Waals surface area (Å²) in [6.07, 6.45) is 0.877. The average molecular weight is 484 g/mol. The third-order valence-electron chi connectivity index (χ3n) is 5.82. The van der Waals surface area contributed by atoms with Crippen molar-refractivity contribution in [2.45, 2.75) is 13.5 Å². The predicted molar refractivity (Wildman–Crippen MR) is 123 cm³/mol. The van der Waals surface area contributed by atoms with E-state index in [1.165, 1.54) is 29.6 Å². The van der Waals surface area contributed by atoms with E-state index in [9.17, 15) is 28.7 Å². The first-order chi connectivity index (χ1) is 16.7. The van der Waals surface area contributed by atoms with Gasteiger partial charge in [0.25, 0.3) is 5.56 Å². The molecule has 35 heavy (non-hydrogen) atoms. The molecule has 1 aliphatic heterocycles. The number of carbonyl (C=O) groups is 2. The number of quaternary nitrogens is 1. The topological polar surface area (TPSA) is 139 Å². The lowest BCUT2D eigenvalue weighted by Gasteiger charge is -2.17. The number of nitrogens with one attached hydrogen (secondary N) is 1. The number of rotatable bonds is 7. The minimum absolute atomic E-state index is 0.00490. The van der Waals surface area contributed by atoms with Gasteiger partial charge < -0.3 is 10.4 Å². The highest BCUT2D eigenvalue weighted by Gasteiger charge is 2.25. The smallest absolute Gasteiger partial charge is 0.342 e. The Bertz CT molecular complexity index is 1450. The van der Waals surface area contributed by atoms with Crippen LogP contribution in [0.3, 0.4) is 0 Å². The van der Waals surface area contributed by atoms with E-state index in [1.807, 2.05) is 0 Å². The van der Waals surface area contributed by atoms with E-state index in [0.29, 0.717) is 12.1 Å². The Morgan fingerprint density at radius 3 is 2.63 bits per heavy atom. The fraction of sp³-hybridized carbons (Fsp3) is 0.217. The normalized spacial score (nSPS) is 13.2. The van der Waals surface area contributed by atoms with Gasteiger partial charge in [0.2, 0.25) is 0 Å². The second-order valence-electron chi connectivity index (χ2n) is 7.90. The van der Waals surface area contributed by atoms with Crippen LogP contribution < -0.4 is 26.9 Å². The number of carboxylic acids is 1. The summed E-state index contributed by atoms with van der Waals surface area (Å²) in [6.45, 7) is 2.23. The van der Waals surface area contributed by atoms with E-state index in [4.69, 9.17) is 4.84 Å². The number of benzene rings is 2. The molecule has 0 saturated carbocycles. The first-order valence-corrected chi connectivity index (χ1v) is 10.6. The minimum Gasteiger partial charge on any atom is -0.477 e. The zero-order chi connectivity index (χ0) is 25.3. The molecule has 2 amide bonds. The number of halogens is 1. The molecule has 1 aliphatic rings. The molecule has 0 atom stereocenters. The summed E-state index contributed by atoms with van der Waals surface area (Å²) >= 11 is 0. The summed E-state index contributed by atoms with van der Waals surface area (Å²) in [5.74, 6) is -2.30. The highest BCUT2D eigenvalue weighted by atomic mass is 19.1. The third-order valence-corrected chi connectivity index (χ3v) is 5.82. The van der Waals surface area contributed by atoms with Crippen LogP contribution >= 0.6 is 0 Å². The van der Waals surface area contributed by atoms with Gasteiger partial charge in [-0.25, -0.2) is 23.6 Å². The molecule has 11 nitrogen and oxygen atoms in total. The number of carbonyl (C=O) groups excluding carboxylic acids is 1. The van der Waals surface area contributed by atoms with Gasteiger partial charge in [-0.15, -0.1) is 0 Å². The van der Waals surface area contributed by atoms with Crippen LogP contribution in [0.1, 0.15) is 21.5 Å². The van der Waals surface area contributed by atoms with Crippen LogP contribution in [0, 0.1) is 12.7 Å². The molecule has 0 bridgehead atoms. The maximum atomic E-state index is 14.9. The van der Waals surface area contributed by atoms with Crippen molar-refractivity contribution in [3.63, 3.8) is 0 Å². The third kappa shape index (κ3) is 4.44. The van der Waals surface area contributed by atoms with Crippen molar-refractivity contribution < 1.29 is 29.4 Å². The molecular weight excluding hydrogens is 461 g/mol. The molecule has 12 heteroatoms. The number of hydrogen-bond donors (Lipinski definition) is 3. The number of aromatic carboxylic acids is 1. The standard InChI is InChI=1S/C23H22FN5O6/c1-13-14(4-3-5-18(13)26-35-2)11-29-20(30)16(21(31)32)12-28(23(29)34)15-6-7-19(17(24)10-15)27-9-8-25-22(27)33/h3-7,10,12,26H,8-9,11H2,1-2H3,(H,25,33)(H,31,32)/p+1. The molecule has 4 rings (SSSR count). The van der Waals surface area contributed by atoms with Gasteiger partial charge in [-0.1, -0.05) is 12.1 Å². The summed E-state index contributed by atoms with van der Waals surface area (Å²) < 4.78 is 16.6. The molecule has 1 fully saturated rings. The number of nitrogens with zero attached hydrogens (tertiary/aromatic N) is 3. The highest BCUT2D eigenvalue weighted by Crippen LogP contribution is 2.23. The van der Waals surface area contributed by atoms with Crippen LogP contribution in [0.4, 0.5) is 20.6 Å². The lowest BCUT2D eigenvalue weighted by Crippen LogP contribution is -2.76. The number of amides is 2. The Kier molecular flexibility index (Phi) is 6.49. The van der Waals surface area contributed by atoms with E-state index in [1.54, 1.807) is 25.1 Å². The maximum absolute atomic E-state index is 14.9. The summed E-state index contributed by atoms with van der Waals surface area (Å²) in [7, 11) is 1.49. The second-order valence-corrected chi connectivity index (χ2v) is 7.90. The first kappa shape index (κ1) is 23.9. The largest absolute Gasteiger partial charge is 0.477 e. The van der Waals surface area contributed by atoms with Gasteiger partial charge in [-0.3, -0.25) is 18.8 Å². The Morgan fingerprint density at radius 1 is 1.23 bits per heavy atom. The average Bonchev–Trinajstić information content (AvgIpc) is 3.24. The van der Waals surface area contributed by atoms with Gasteiger partial charge in [-0.05, 0) is 24.6 Å². The van der Waals surface area contributed by atoms with Gasteiger partial charge >= 0.3 is 17.7 Å². The van der Waals surface area contributed by atoms with E-state index >= 15 is 0 Å². The molecule has 0 unspecified atom stereocenters. The zero-order valence-electron chi connectivity index (χ0n) is 18.9. The van der Waals surface area contributed by atoms with Crippen molar-refractivity contribution in [2.75, 3.05) is 25.1 Å². The van der Waals surface area contributed by atoms with Gasteiger partial charge in [0.1, 0.15) is 11.4 Å². The summed E-state index contributed by atoms with van der Waals surface area (Å²) in [4.78, 5) is 56.1. The van der Waals surface area contributed by atoms with E-state index in [2.05, 4.69) is 5.32 Å². The molecule has 1 saturated heterocycles. The predicted octanol–water partition coefficient (Wildman–Crippen LogP) is 0.479. The molecule has 182 valence electrons. The van der Waals surface area contributed by atoms with E-state index in [0.717, 1.165) is 32.6 Å². The summed E-state index contributed by atoms with van der Waals surface area (Å²) in [6, 6.07) is 8.50. The lowest BCUT2D eigenvalue weighted by molar-refractivity contribution is -0.830. The lowest BCUT2D eigenvalue weighted by atomic mass is 10.1. The minimum atomic E-state index is -1.53. The van der Waals surface area contributed by atoms with Crippen molar-refractivity contribution in [1.29, 1.82) is 0 Å². The SMILES string of the molecule is CO[NH2+]c1cccc(Cn2c(=O)c(C(=O)O)cn(-c3ccc(N4CCNC4=O)c(F)c3)c2=O)c1C. The van der Waals surface area contributed by atoms with E-state index < -0.39 is 34.6 Å². The number of nitrogens with two attached hydrogens (primary N) is 1. The maximum Gasteiger partial charge on any atom is 0.342 e. The van der Waals surface area contributed by atoms with E-state index in [-0.39, 0.29) is 24.5 Å². The molecule has 3 aromatic rings. The molecular formula is C23H23FN5O6+. The number of carboxylic acid groups (broad SMARTS) is 1. The summed E-state index contributed by atoms with van der Waals surface area (Å²) in [5.41, 5.74) is 1.14. The fourth-order valence-electron chi connectivity index (χ4n) is 3.94. The van der Waals surface area contributed by atoms with Crippen molar-refractivity contribution >= 4 is 23.4 Å². The molecule has 0 aliphatic carbocycles. The van der Waals surface area contributed by atoms with Crippen molar-refractivity contribution in [2.24, 2.45) is 0 Å². The quantitative estimate of drug-likeness (QED) is 0.329. The van der Waals surface area contributed by atoms with Crippen molar-refractivity contribution in [3.05, 3.63) is 85.9 Å². The van der Waals surface area contributed by atoms with Crippen LogP contribution in [-0.4, -0.2) is 46.4 Å². The number of hydrogen-bond acceptors (Lipinski definition) is 5. The van der Waals surface area contributed by atoms with Gasteiger partial charge in [0, 0.05) is 37.0 Å². The van der Waals surface area contributed by atoms with Crippen LogP contribution in [0.5, 0.6) is 0 Å². The second kappa shape index (κ2) is 9.52. The van der Waals surface area contributed by atoms with Crippen molar-refractivity contribution in [3.8, 4) is 5.69 Å². The Hall–Kier alpha value is -4.29. The Morgan fingerprint density at radius 2 is 2.00 bits per heavy atom. The molecule has 4 N–H and O–H groups in total. The summed E-state index contributed by atoms with van der Waals surface area (Å²) in [5, 5.41) is 12.2. The van der Waals surface area contributed by atoms with Crippen LogP contribution in [0.15, 0.2) is 52.2 Å². The van der Waals surface area contributed by atoms with Gasteiger partial charge in [0.05, 0.1) is 25.0 Å². The van der Waals surface area contributed by atoms with Crippen molar-refractivity contribution in [1.82, 2.24) is 14.5 Å². The fourth-order valence-corrected chi connectivity index (χ4v) is 3.94. The number of anilines is 1. The highest BCUT2D eigenvalue weighted by molar-refractivity contribution is 5.94. The monoisotopic (exact) mass is 484 g/mol. The number of urea groups is 1. The first-order valence-electron chi connectivity index (χ1n) is 10.6. The van der Waals surface area contributed by atoms with Crippen LogP contribution in [0.2, 0.25) is 0 Å². The Balaban J connectivity index is 1.83. The van der Waals surface area contributed by atoms with Gasteiger partial charge in [-0.2, -0.15) is 5.48 Å².